The number of amides is 2. The van der Waals surface area contributed by atoms with Gasteiger partial charge in [-0.2, -0.15) is 0 Å². The van der Waals surface area contributed by atoms with Crippen LogP contribution in [0.4, 0.5) is 5.69 Å². The van der Waals surface area contributed by atoms with Crippen molar-refractivity contribution in [3.8, 4) is 0 Å². The Hall–Kier alpha value is -3.07. The Labute approximate surface area is 240 Å². The summed E-state index contributed by atoms with van der Waals surface area (Å²) in [5, 5.41) is 3.13. The van der Waals surface area contributed by atoms with Crippen LogP contribution in [0.1, 0.15) is 25.0 Å². The molecule has 0 bridgehead atoms. The first-order valence-corrected chi connectivity index (χ1v) is 15.1. The van der Waals surface area contributed by atoms with Crippen molar-refractivity contribution in [2.75, 3.05) is 23.7 Å². The number of nitrogens with zero attached hydrogens (tertiary/aromatic N) is 2. The predicted octanol–water partition coefficient (Wildman–Crippen LogP) is 5.17. The standard InChI is InChI=1S/C29H33Cl2N3O4S/c1-21(2)18-32-29(36)26(17-22-11-6-4-7-12-22)33(19-23-13-8-5-9-14-23)27(35)20-34(39(3,37)38)25-16-10-15-24(30)28(25)31/h4-16,21,26H,17-20H2,1-3H3,(H,32,36). The molecule has 7 nitrogen and oxygen atoms in total. The highest BCUT2D eigenvalue weighted by Gasteiger charge is 2.33. The van der Waals surface area contributed by atoms with E-state index in [9.17, 15) is 18.0 Å². The van der Waals surface area contributed by atoms with E-state index in [1.54, 1.807) is 6.07 Å². The first kappa shape index (κ1) is 30.5. The van der Waals surface area contributed by atoms with Gasteiger partial charge in [-0.3, -0.25) is 13.9 Å². The fraction of sp³-hybridized carbons (Fsp3) is 0.310. The molecule has 0 saturated carbocycles. The van der Waals surface area contributed by atoms with E-state index in [1.165, 1.54) is 17.0 Å². The molecule has 0 aliphatic carbocycles. The largest absolute Gasteiger partial charge is 0.354 e. The molecule has 3 aromatic rings. The molecule has 1 atom stereocenters. The maximum absolute atomic E-state index is 14.0. The summed E-state index contributed by atoms with van der Waals surface area (Å²) in [4.78, 5) is 29.0. The fourth-order valence-electron chi connectivity index (χ4n) is 4.04. The van der Waals surface area contributed by atoms with Crippen LogP contribution in [0.5, 0.6) is 0 Å². The van der Waals surface area contributed by atoms with Gasteiger partial charge >= 0.3 is 0 Å². The average molecular weight is 591 g/mol. The molecule has 10 heteroatoms. The Morgan fingerprint density at radius 2 is 1.46 bits per heavy atom. The number of carbonyl (C=O) groups is 2. The lowest BCUT2D eigenvalue weighted by molar-refractivity contribution is -0.140. The van der Waals surface area contributed by atoms with Crippen molar-refractivity contribution in [1.29, 1.82) is 0 Å². The van der Waals surface area contributed by atoms with Crippen LogP contribution in [0, 0.1) is 5.92 Å². The first-order chi connectivity index (χ1) is 18.5. The van der Waals surface area contributed by atoms with Crippen molar-refractivity contribution in [3.63, 3.8) is 0 Å². The second-order valence-corrected chi connectivity index (χ2v) is 12.4. The zero-order valence-corrected chi connectivity index (χ0v) is 24.5. The maximum Gasteiger partial charge on any atom is 0.244 e. The molecule has 0 aliphatic rings. The number of benzene rings is 3. The smallest absolute Gasteiger partial charge is 0.244 e. The molecule has 0 fully saturated rings. The Kier molecular flexibility index (Phi) is 10.8. The third-order valence-corrected chi connectivity index (χ3v) is 7.97. The highest BCUT2D eigenvalue weighted by molar-refractivity contribution is 7.92. The van der Waals surface area contributed by atoms with E-state index >= 15 is 0 Å². The molecule has 1 N–H and O–H groups in total. The molecule has 3 aromatic carbocycles. The molecule has 3 rings (SSSR count). The van der Waals surface area contributed by atoms with Gasteiger partial charge in [0.1, 0.15) is 12.6 Å². The lowest BCUT2D eigenvalue weighted by Crippen LogP contribution is -2.53. The van der Waals surface area contributed by atoms with Gasteiger partial charge in [-0.25, -0.2) is 8.42 Å². The Morgan fingerprint density at radius 3 is 2.03 bits per heavy atom. The monoisotopic (exact) mass is 589 g/mol. The molecular weight excluding hydrogens is 557 g/mol. The van der Waals surface area contributed by atoms with E-state index in [0.717, 1.165) is 21.7 Å². The van der Waals surface area contributed by atoms with Gasteiger partial charge in [0.2, 0.25) is 21.8 Å². The summed E-state index contributed by atoms with van der Waals surface area (Å²) < 4.78 is 26.6. The summed E-state index contributed by atoms with van der Waals surface area (Å²) in [6, 6.07) is 22.3. The zero-order chi connectivity index (χ0) is 28.6. The molecule has 0 aliphatic heterocycles. The number of rotatable bonds is 12. The number of halogens is 2. The minimum absolute atomic E-state index is 0.0162. The van der Waals surface area contributed by atoms with Gasteiger partial charge in [-0.1, -0.05) is 104 Å². The van der Waals surface area contributed by atoms with Crippen LogP contribution in [0.2, 0.25) is 10.0 Å². The van der Waals surface area contributed by atoms with Crippen LogP contribution >= 0.6 is 23.2 Å². The predicted molar refractivity (Wildman–Crippen MR) is 157 cm³/mol. The van der Waals surface area contributed by atoms with Crippen LogP contribution in [-0.4, -0.2) is 50.5 Å². The van der Waals surface area contributed by atoms with E-state index in [2.05, 4.69) is 5.32 Å². The summed E-state index contributed by atoms with van der Waals surface area (Å²) in [6.07, 6.45) is 1.25. The second-order valence-electron chi connectivity index (χ2n) is 9.69. The molecule has 0 saturated heterocycles. The number of sulfonamides is 1. The van der Waals surface area contributed by atoms with Crippen LogP contribution in [-0.2, 0) is 32.6 Å². The zero-order valence-electron chi connectivity index (χ0n) is 22.2. The molecule has 0 aromatic heterocycles. The normalized spacial score (nSPS) is 12.2. The summed E-state index contributed by atoms with van der Waals surface area (Å²) in [5.41, 5.74) is 1.75. The highest BCUT2D eigenvalue weighted by atomic mass is 35.5. The molecule has 1 unspecified atom stereocenters. The molecule has 0 heterocycles. The lowest BCUT2D eigenvalue weighted by Gasteiger charge is -2.34. The van der Waals surface area contributed by atoms with Gasteiger partial charge in [-0.15, -0.1) is 0 Å². The van der Waals surface area contributed by atoms with Crippen molar-refractivity contribution in [2.24, 2.45) is 5.92 Å². The third-order valence-electron chi connectivity index (χ3n) is 6.03. The van der Waals surface area contributed by atoms with Crippen LogP contribution in [0.25, 0.3) is 0 Å². The Balaban J connectivity index is 2.05. The van der Waals surface area contributed by atoms with E-state index in [-0.39, 0.29) is 40.5 Å². The van der Waals surface area contributed by atoms with Gasteiger partial charge in [-0.05, 0) is 29.2 Å². The third kappa shape index (κ3) is 8.71. The minimum atomic E-state index is -3.94. The van der Waals surface area contributed by atoms with Crippen LogP contribution in [0.15, 0.2) is 78.9 Å². The number of anilines is 1. The minimum Gasteiger partial charge on any atom is -0.354 e. The van der Waals surface area contributed by atoms with Crippen molar-refractivity contribution in [2.45, 2.75) is 32.9 Å². The van der Waals surface area contributed by atoms with Gasteiger partial charge in [0.15, 0.2) is 0 Å². The number of hydrogen-bond donors (Lipinski definition) is 1. The van der Waals surface area contributed by atoms with Gasteiger partial charge in [0.05, 0.1) is 22.0 Å². The second kappa shape index (κ2) is 13.8. The lowest BCUT2D eigenvalue weighted by atomic mass is 10.0. The topological polar surface area (TPSA) is 86.8 Å². The molecule has 39 heavy (non-hydrogen) atoms. The van der Waals surface area contributed by atoms with Crippen LogP contribution in [0.3, 0.4) is 0 Å². The fourth-order valence-corrected chi connectivity index (χ4v) is 5.34. The molecule has 0 radical (unpaired) electrons. The molecule has 2 amide bonds. The Bertz CT molecular complexity index is 1370. The maximum atomic E-state index is 14.0. The highest BCUT2D eigenvalue weighted by Crippen LogP contribution is 2.33. The molecule has 0 spiro atoms. The molecule has 208 valence electrons. The number of nitrogens with one attached hydrogen (secondary N) is 1. The Morgan fingerprint density at radius 1 is 0.872 bits per heavy atom. The summed E-state index contributed by atoms with van der Waals surface area (Å²) in [6.45, 7) is 3.95. The summed E-state index contributed by atoms with van der Waals surface area (Å²) in [5.74, 6) is -0.667. The van der Waals surface area contributed by atoms with E-state index < -0.39 is 28.5 Å². The van der Waals surface area contributed by atoms with Gasteiger partial charge < -0.3 is 10.2 Å². The summed E-state index contributed by atoms with van der Waals surface area (Å²) >= 11 is 12.5. The summed E-state index contributed by atoms with van der Waals surface area (Å²) in [7, 11) is -3.94. The van der Waals surface area contributed by atoms with Gasteiger partial charge in [0, 0.05) is 19.5 Å². The number of hydrogen-bond acceptors (Lipinski definition) is 4. The average Bonchev–Trinajstić information content (AvgIpc) is 2.90. The first-order valence-electron chi connectivity index (χ1n) is 12.5. The van der Waals surface area contributed by atoms with Crippen molar-refractivity contribution >= 4 is 50.7 Å². The quantitative estimate of drug-likeness (QED) is 0.315. The van der Waals surface area contributed by atoms with Gasteiger partial charge in [0.25, 0.3) is 0 Å². The van der Waals surface area contributed by atoms with Crippen molar-refractivity contribution in [3.05, 3.63) is 100 Å². The van der Waals surface area contributed by atoms with Crippen molar-refractivity contribution < 1.29 is 18.0 Å². The SMILES string of the molecule is CC(C)CNC(=O)C(Cc1ccccc1)N(Cc1ccccc1)C(=O)CN(c1cccc(Cl)c1Cl)S(C)(=O)=O. The van der Waals surface area contributed by atoms with Crippen molar-refractivity contribution in [1.82, 2.24) is 10.2 Å². The van der Waals surface area contributed by atoms with E-state index in [4.69, 9.17) is 23.2 Å². The number of carbonyl (C=O) groups excluding carboxylic acids is 2. The van der Waals surface area contributed by atoms with E-state index in [1.807, 2.05) is 74.5 Å². The molecular formula is C29H33Cl2N3O4S. The van der Waals surface area contributed by atoms with Crippen LogP contribution < -0.4 is 9.62 Å². The van der Waals surface area contributed by atoms with E-state index in [0.29, 0.717) is 6.54 Å².